The van der Waals surface area contributed by atoms with Gasteiger partial charge >= 0.3 is 5.97 Å². The van der Waals surface area contributed by atoms with Crippen LogP contribution in [0.1, 0.15) is 50.9 Å². The number of esters is 1. The summed E-state index contributed by atoms with van der Waals surface area (Å²) in [6, 6.07) is 3.78. The van der Waals surface area contributed by atoms with Crippen LogP contribution in [0.15, 0.2) is 18.2 Å². The van der Waals surface area contributed by atoms with Gasteiger partial charge in [-0.05, 0) is 42.9 Å². The molecular weight excluding hydrogens is 408 g/mol. The van der Waals surface area contributed by atoms with Crippen LogP contribution in [0, 0.1) is 11.8 Å². The highest BCUT2D eigenvalue weighted by atomic mass is 16.7. The van der Waals surface area contributed by atoms with Gasteiger partial charge in [-0.3, -0.25) is 0 Å². The molecule has 1 heterocycles. The number of hydrogen-bond donors (Lipinski definition) is 5. The molecule has 9 heteroatoms. The highest BCUT2D eigenvalue weighted by Crippen LogP contribution is 2.30. The van der Waals surface area contributed by atoms with Crippen molar-refractivity contribution >= 4 is 5.97 Å². The van der Waals surface area contributed by atoms with Crippen molar-refractivity contribution in [3.63, 3.8) is 0 Å². The van der Waals surface area contributed by atoms with Gasteiger partial charge in [0.2, 0.25) is 6.29 Å². The molecule has 1 fully saturated rings. The Hall–Kier alpha value is -1.91. The molecule has 5 N–H and O–H groups in total. The van der Waals surface area contributed by atoms with E-state index in [2.05, 4.69) is 0 Å². The molecule has 0 unspecified atom stereocenters. The second kappa shape index (κ2) is 11.1. The number of hydrogen-bond acceptors (Lipinski definition) is 9. The first kappa shape index (κ1) is 25.4. The third-order valence-corrected chi connectivity index (χ3v) is 5.02. The van der Waals surface area contributed by atoms with Gasteiger partial charge in [-0.25, -0.2) is 4.79 Å². The Morgan fingerprint density at radius 1 is 1.03 bits per heavy atom. The molecule has 176 valence electrons. The lowest BCUT2D eigenvalue weighted by Gasteiger charge is -2.39. The maximum Gasteiger partial charge on any atom is 0.342 e. The van der Waals surface area contributed by atoms with Gasteiger partial charge in [0.1, 0.15) is 47.6 Å². The van der Waals surface area contributed by atoms with E-state index in [0.717, 1.165) is 0 Å². The number of phenols is 1. The zero-order valence-electron chi connectivity index (χ0n) is 18.3. The lowest BCUT2D eigenvalue weighted by Crippen LogP contribution is -2.60. The number of ether oxygens (including phenoxy) is 3. The van der Waals surface area contributed by atoms with Crippen molar-refractivity contribution < 1.29 is 44.5 Å². The molecule has 1 aromatic carbocycles. The summed E-state index contributed by atoms with van der Waals surface area (Å²) in [6.45, 7) is 7.51. The Balaban J connectivity index is 2.24. The number of phenolic OH excluding ortho intramolecular Hbond substituents is 1. The van der Waals surface area contributed by atoms with Crippen molar-refractivity contribution in [1.82, 2.24) is 0 Å². The molecule has 1 saturated heterocycles. The maximum atomic E-state index is 12.9. The molecule has 2 rings (SSSR count). The van der Waals surface area contributed by atoms with E-state index in [-0.39, 0.29) is 23.2 Å². The van der Waals surface area contributed by atoms with Crippen LogP contribution in [0.3, 0.4) is 0 Å². The van der Waals surface area contributed by atoms with Crippen LogP contribution in [0.2, 0.25) is 0 Å². The fraction of sp³-hybridized carbons (Fsp3) is 0.682. The van der Waals surface area contributed by atoms with Gasteiger partial charge in [0.15, 0.2) is 0 Å². The highest BCUT2D eigenvalue weighted by Gasteiger charge is 2.45. The molecule has 1 aliphatic rings. The minimum atomic E-state index is -1.63. The van der Waals surface area contributed by atoms with E-state index in [4.69, 9.17) is 14.2 Å². The van der Waals surface area contributed by atoms with Crippen LogP contribution in [-0.2, 0) is 9.47 Å². The Morgan fingerprint density at radius 3 is 2.19 bits per heavy atom. The van der Waals surface area contributed by atoms with E-state index in [0.29, 0.717) is 24.7 Å². The number of aromatic hydroxyl groups is 1. The summed E-state index contributed by atoms with van der Waals surface area (Å²) in [7, 11) is 0. The number of carbonyl (C=O) groups excluding carboxylic acids is 1. The van der Waals surface area contributed by atoms with E-state index < -0.39 is 43.3 Å². The van der Waals surface area contributed by atoms with E-state index in [1.807, 2.05) is 27.7 Å². The molecule has 0 spiro atoms. The van der Waals surface area contributed by atoms with Gasteiger partial charge < -0.3 is 39.7 Å². The lowest BCUT2D eigenvalue weighted by atomic mass is 9.98. The van der Waals surface area contributed by atoms with Crippen molar-refractivity contribution in [1.29, 1.82) is 0 Å². The third kappa shape index (κ3) is 6.78. The van der Waals surface area contributed by atoms with Gasteiger partial charge in [0.05, 0.1) is 6.61 Å². The molecule has 0 aromatic heterocycles. The molecule has 0 bridgehead atoms. The van der Waals surface area contributed by atoms with Gasteiger partial charge in [0, 0.05) is 0 Å². The largest absolute Gasteiger partial charge is 0.508 e. The summed E-state index contributed by atoms with van der Waals surface area (Å²) in [5, 5.41) is 49.3. The average Bonchev–Trinajstić information content (AvgIpc) is 2.68. The summed E-state index contributed by atoms with van der Waals surface area (Å²) >= 11 is 0. The zero-order chi connectivity index (χ0) is 23.3. The summed E-state index contributed by atoms with van der Waals surface area (Å²) in [5.41, 5.74) is -0.0746. The number of benzene rings is 1. The van der Waals surface area contributed by atoms with Gasteiger partial charge in [-0.1, -0.05) is 27.7 Å². The van der Waals surface area contributed by atoms with Crippen molar-refractivity contribution in [3.8, 4) is 11.5 Å². The summed E-state index contributed by atoms with van der Waals surface area (Å²) in [5.74, 6) is -0.310. The molecule has 0 saturated carbocycles. The van der Waals surface area contributed by atoms with Crippen molar-refractivity contribution in [2.75, 3.05) is 6.61 Å². The van der Waals surface area contributed by atoms with Crippen LogP contribution in [0.4, 0.5) is 0 Å². The minimum Gasteiger partial charge on any atom is -0.508 e. The SMILES string of the molecule is CC(C)CC(CC(C)C)OC(=O)c1cc(O)ccc1O[C@@H]1O[C@H](CO)[C@@H](O)[C@H](O)[C@H]1O. The zero-order valence-corrected chi connectivity index (χ0v) is 18.3. The number of carbonyl (C=O) groups is 1. The van der Waals surface area contributed by atoms with Crippen LogP contribution in [-0.4, -0.2) is 74.9 Å². The fourth-order valence-corrected chi connectivity index (χ4v) is 3.53. The summed E-state index contributed by atoms with van der Waals surface area (Å²) < 4.78 is 16.6. The third-order valence-electron chi connectivity index (χ3n) is 5.02. The smallest absolute Gasteiger partial charge is 0.342 e. The lowest BCUT2D eigenvalue weighted by molar-refractivity contribution is -0.277. The van der Waals surface area contributed by atoms with Crippen LogP contribution in [0.25, 0.3) is 0 Å². The number of aliphatic hydroxyl groups is 4. The second-order valence-corrected chi connectivity index (χ2v) is 8.78. The molecule has 9 nitrogen and oxygen atoms in total. The normalized spacial score (nSPS) is 26.5. The molecule has 0 aliphatic carbocycles. The van der Waals surface area contributed by atoms with E-state index >= 15 is 0 Å². The molecule has 1 aromatic rings. The predicted octanol–water partition coefficient (Wildman–Crippen LogP) is 1.19. The van der Waals surface area contributed by atoms with Crippen molar-refractivity contribution in [3.05, 3.63) is 23.8 Å². The molecule has 31 heavy (non-hydrogen) atoms. The molecule has 0 amide bonds. The molecule has 1 aliphatic heterocycles. The predicted molar refractivity (Wildman–Crippen MR) is 111 cm³/mol. The Morgan fingerprint density at radius 2 is 1.65 bits per heavy atom. The van der Waals surface area contributed by atoms with Crippen molar-refractivity contribution in [2.45, 2.75) is 77.3 Å². The molecule has 0 radical (unpaired) electrons. The van der Waals surface area contributed by atoms with E-state index in [1.165, 1.54) is 18.2 Å². The number of aliphatic hydroxyl groups excluding tert-OH is 4. The first-order valence-electron chi connectivity index (χ1n) is 10.5. The molecular formula is C22H34O9. The van der Waals surface area contributed by atoms with E-state index in [1.54, 1.807) is 0 Å². The summed E-state index contributed by atoms with van der Waals surface area (Å²) in [4.78, 5) is 12.9. The standard InChI is InChI=1S/C22H34O9/c1-11(2)7-14(8-12(3)4)29-21(28)15-9-13(24)5-6-16(15)30-22-20(27)19(26)18(25)17(10-23)31-22/h5-6,9,11-12,14,17-20,22-27H,7-8,10H2,1-4H3/t17-,18-,19+,20-,22-/m1/s1. The number of rotatable bonds is 9. The Bertz CT molecular complexity index is 709. The van der Waals surface area contributed by atoms with E-state index in [9.17, 15) is 30.3 Å². The maximum absolute atomic E-state index is 12.9. The Kier molecular flexibility index (Phi) is 9.08. The fourth-order valence-electron chi connectivity index (χ4n) is 3.53. The first-order valence-corrected chi connectivity index (χ1v) is 10.5. The quantitative estimate of drug-likeness (QED) is 0.356. The second-order valence-electron chi connectivity index (χ2n) is 8.78. The van der Waals surface area contributed by atoms with Crippen LogP contribution < -0.4 is 4.74 Å². The Labute approximate surface area is 182 Å². The minimum absolute atomic E-state index is 0.0417. The summed E-state index contributed by atoms with van der Waals surface area (Å²) in [6.07, 6.45) is -6.38. The van der Waals surface area contributed by atoms with Gasteiger partial charge in [0.25, 0.3) is 0 Å². The van der Waals surface area contributed by atoms with Crippen LogP contribution >= 0.6 is 0 Å². The van der Waals surface area contributed by atoms with Crippen LogP contribution in [0.5, 0.6) is 11.5 Å². The van der Waals surface area contributed by atoms with Gasteiger partial charge in [-0.15, -0.1) is 0 Å². The monoisotopic (exact) mass is 442 g/mol. The first-order chi connectivity index (χ1) is 14.5. The topological polar surface area (TPSA) is 146 Å². The van der Waals surface area contributed by atoms with Crippen molar-refractivity contribution in [2.24, 2.45) is 11.8 Å². The van der Waals surface area contributed by atoms with Gasteiger partial charge in [-0.2, -0.15) is 0 Å². The average molecular weight is 443 g/mol. The molecule has 5 atom stereocenters. The highest BCUT2D eigenvalue weighted by molar-refractivity contribution is 5.93.